The average Bonchev–Trinajstić information content (AvgIpc) is 3.24. The Hall–Kier alpha value is -2.00. The van der Waals surface area contributed by atoms with Gasteiger partial charge in [-0.3, -0.25) is 0 Å². The fourth-order valence-electron chi connectivity index (χ4n) is 15.8. The third-order valence-electron chi connectivity index (χ3n) is 18.6. The molecule has 0 saturated heterocycles. The van der Waals surface area contributed by atoms with Crippen molar-refractivity contribution in [2.24, 2.45) is 71.0 Å². The normalized spacial score (nSPS) is 41.3. The summed E-state index contributed by atoms with van der Waals surface area (Å²) in [5.74, 6) is 7.76. The van der Waals surface area contributed by atoms with Gasteiger partial charge in [0.05, 0.1) is 0 Å². The van der Waals surface area contributed by atoms with Crippen molar-refractivity contribution in [2.45, 2.75) is 134 Å². The first-order chi connectivity index (χ1) is 30.1. The second kappa shape index (κ2) is 16.4. The van der Waals surface area contributed by atoms with Crippen LogP contribution in [0.25, 0.3) is 0 Å². The molecule has 9 nitrogen and oxygen atoms in total. The van der Waals surface area contributed by atoms with Crippen molar-refractivity contribution >= 4 is 64.4 Å². The van der Waals surface area contributed by atoms with Gasteiger partial charge in [-0.1, -0.05) is 0 Å². The number of hydrogen-bond donors (Lipinski definition) is 0. The second-order valence-corrected chi connectivity index (χ2v) is 46.4. The summed E-state index contributed by atoms with van der Waals surface area (Å²) in [7, 11) is 0. The van der Waals surface area contributed by atoms with Crippen LogP contribution in [-0.2, 0) is 28.6 Å². The van der Waals surface area contributed by atoms with E-state index in [0.717, 1.165) is 94.1 Å². The van der Waals surface area contributed by atoms with Crippen LogP contribution in [0, 0.1) is 71.0 Å². The summed E-state index contributed by atoms with van der Waals surface area (Å²) in [5, 5.41) is 0. The van der Waals surface area contributed by atoms with E-state index in [0.29, 0.717) is 52.8 Å². The fraction of sp³-hybridized carbons (Fsp3) is 0.706. The van der Waals surface area contributed by atoms with Gasteiger partial charge in [0.2, 0.25) is 0 Å². The molecule has 0 amide bonds. The van der Waals surface area contributed by atoms with Crippen molar-refractivity contribution in [3.05, 3.63) is 42.5 Å². The summed E-state index contributed by atoms with van der Waals surface area (Å²) in [6, 6.07) is 13.3. The molecule has 2 aromatic rings. The Bertz CT molecular complexity index is 2040. The zero-order valence-corrected chi connectivity index (χ0v) is 42.5. The molecule has 12 saturated carbocycles. The van der Waals surface area contributed by atoms with Crippen LogP contribution < -0.4 is 21.4 Å². The first kappa shape index (κ1) is 43.6. The predicted octanol–water partition coefficient (Wildman–Crippen LogP) is 9.44. The van der Waals surface area contributed by atoms with Crippen LogP contribution in [0.3, 0.4) is 0 Å². The maximum atomic E-state index is 13.7. The Morgan fingerprint density at radius 3 is 1.16 bits per heavy atom. The summed E-state index contributed by atoms with van der Waals surface area (Å²) in [6.45, 7) is 5.87. The van der Waals surface area contributed by atoms with Gasteiger partial charge < -0.3 is 0 Å². The number of esters is 3. The van der Waals surface area contributed by atoms with E-state index in [4.69, 9.17) is 28.4 Å². The van der Waals surface area contributed by atoms with Crippen molar-refractivity contribution in [1.29, 1.82) is 0 Å². The van der Waals surface area contributed by atoms with Crippen LogP contribution >= 0.6 is 25.5 Å². The topological polar surface area (TPSA) is 107 Å². The Morgan fingerprint density at radius 2 is 0.794 bits per heavy atom. The van der Waals surface area contributed by atoms with E-state index in [-0.39, 0.29) is 37.7 Å². The molecular formula is C51H64Br2O9Te. The molecule has 2 aromatic carbocycles. The van der Waals surface area contributed by atoms with Crippen LogP contribution in [0.4, 0.5) is 0 Å². The van der Waals surface area contributed by atoms with Gasteiger partial charge in [-0.05, 0) is 12.8 Å². The number of rotatable bonds is 14. The van der Waals surface area contributed by atoms with Crippen LogP contribution in [0.15, 0.2) is 42.5 Å². The Labute approximate surface area is 388 Å². The Morgan fingerprint density at radius 1 is 0.476 bits per heavy atom. The fourth-order valence-corrected chi connectivity index (χ4v) is 26.2. The van der Waals surface area contributed by atoms with Gasteiger partial charge >= 0.3 is 379 Å². The zero-order chi connectivity index (χ0) is 43.5. The average molecular weight is 1110 g/mol. The van der Waals surface area contributed by atoms with E-state index in [2.05, 4.69) is 46.3 Å². The summed E-state index contributed by atoms with van der Waals surface area (Å²) in [5.41, 5.74) is -1.29. The van der Waals surface area contributed by atoms with E-state index in [9.17, 15) is 14.4 Å². The zero-order valence-electron chi connectivity index (χ0n) is 37.0. The van der Waals surface area contributed by atoms with Gasteiger partial charge in [0.1, 0.15) is 0 Å². The SMILES string of the molecule is CC1(OC(=O)COc2ccc([Te](Br)(Br)c3ccc(OCC(=O)OC4(C)C5CC6CC(C5)CC4C6)cc3OCC(=O)OC3(C)C4CC5CC(C4)CC3C5)cc2)C2CC3CC(C2)CC1C3. The molecule has 14 rings (SSSR count). The van der Waals surface area contributed by atoms with Crippen molar-refractivity contribution in [2.75, 3.05) is 19.8 Å². The van der Waals surface area contributed by atoms with Gasteiger partial charge in [-0.25, -0.2) is 0 Å². The molecule has 0 atom stereocenters. The van der Waals surface area contributed by atoms with Crippen molar-refractivity contribution in [3.63, 3.8) is 0 Å². The molecule has 0 radical (unpaired) electrons. The molecule has 12 aliphatic rings. The molecule has 0 aliphatic heterocycles. The molecule has 0 aromatic heterocycles. The van der Waals surface area contributed by atoms with E-state index >= 15 is 0 Å². The molecule has 342 valence electrons. The summed E-state index contributed by atoms with van der Waals surface area (Å²) in [4.78, 5) is 40.4. The van der Waals surface area contributed by atoms with Crippen LogP contribution in [0.1, 0.15) is 117 Å². The van der Waals surface area contributed by atoms with Gasteiger partial charge in [0.15, 0.2) is 0 Å². The second-order valence-electron chi connectivity index (χ2n) is 22.3. The van der Waals surface area contributed by atoms with Gasteiger partial charge in [0, 0.05) is 0 Å². The Kier molecular flexibility index (Phi) is 11.3. The van der Waals surface area contributed by atoms with E-state index in [1.165, 1.54) is 44.9 Å². The number of hydrogen-bond acceptors (Lipinski definition) is 9. The van der Waals surface area contributed by atoms with Crippen LogP contribution in [0.2, 0.25) is 0 Å². The molecule has 0 heterocycles. The molecular weight excluding hydrogens is 1040 g/mol. The molecule has 12 bridgehead atoms. The summed E-state index contributed by atoms with van der Waals surface area (Å²) >= 11 is 4.71. The van der Waals surface area contributed by atoms with Crippen molar-refractivity contribution in [3.8, 4) is 17.2 Å². The molecule has 0 N–H and O–H groups in total. The molecule has 12 aliphatic carbocycles. The quantitative estimate of drug-likeness (QED) is 0.104. The minimum absolute atomic E-state index is 0.136. The number of halogens is 2. The standard InChI is InChI=1S/C51H64Br2O9Te/c1-49(35-13-29-10-30(15-35)16-36(49)14-29)60-46(54)26-57-41-4-7-43(8-5-41)63(52,53)45-9-6-42(58-27-47(55)61-50(2)37-17-31-11-32(19-37)20-38(50)18-31)25-44(45)59-28-48(56)62-51(3)39-21-33-12-34(23-39)24-40(51)22-33/h4-9,25,29-40H,10-24,26-28H2,1-3H3. The monoisotopic (exact) mass is 1110 g/mol. The molecule has 12 fully saturated rings. The third-order valence-corrected chi connectivity index (χ3v) is 33.3. The van der Waals surface area contributed by atoms with Gasteiger partial charge in [0.25, 0.3) is 0 Å². The minimum atomic E-state index is -3.54. The predicted molar refractivity (Wildman–Crippen MR) is 247 cm³/mol. The third kappa shape index (κ3) is 7.98. The van der Waals surface area contributed by atoms with Gasteiger partial charge in [-0.15, -0.1) is 0 Å². The van der Waals surface area contributed by atoms with E-state index < -0.39 is 30.6 Å². The molecule has 0 unspecified atom stereocenters. The number of ether oxygens (including phenoxy) is 6. The first-order valence-electron chi connectivity index (χ1n) is 24.1. The summed E-state index contributed by atoms with van der Waals surface area (Å²) < 4.78 is 39.4. The number of carbonyl (C=O) groups is 3. The van der Waals surface area contributed by atoms with Crippen molar-refractivity contribution in [1.82, 2.24) is 0 Å². The van der Waals surface area contributed by atoms with Crippen LogP contribution in [0.5, 0.6) is 17.2 Å². The van der Waals surface area contributed by atoms with E-state index in [1.54, 1.807) is 6.07 Å². The van der Waals surface area contributed by atoms with Crippen molar-refractivity contribution < 1.29 is 42.8 Å². The first-order valence-corrected chi connectivity index (χ1v) is 36.9. The van der Waals surface area contributed by atoms with Crippen LogP contribution in [-0.4, -0.2) is 68.3 Å². The number of benzene rings is 2. The molecule has 12 heteroatoms. The molecule has 63 heavy (non-hydrogen) atoms. The van der Waals surface area contributed by atoms with Gasteiger partial charge in [-0.2, -0.15) is 0 Å². The maximum absolute atomic E-state index is 13.7. The van der Waals surface area contributed by atoms with E-state index in [1.807, 2.05) is 36.4 Å². The molecule has 0 spiro atoms. The number of carbonyl (C=O) groups excluding carboxylic acids is 3. The summed E-state index contributed by atoms with van der Waals surface area (Å²) in [6.07, 6.45) is 17.9. The Balaban J connectivity index is 0.766.